The summed E-state index contributed by atoms with van der Waals surface area (Å²) in [5, 5.41) is 9.88. The van der Waals surface area contributed by atoms with Crippen LogP contribution >= 0.6 is 0 Å². The van der Waals surface area contributed by atoms with E-state index in [2.05, 4.69) is 11.0 Å². The van der Waals surface area contributed by atoms with Gasteiger partial charge < -0.3 is 20.5 Å². The average Bonchev–Trinajstić information content (AvgIpc) is 2.65. The number of nitrogens with two attached hydrogens (primary N) is 1. The summed E-state index contributed by atoms with van der Waals surface area (Å²) in [4.78, 5) is 2.41. The van der Waals surface area contributed by atoms with Crippen molar-refractivity contribution in [1.82, 2.24) is 0 Å². The van der Waals surface area contributed by atoms with Crippen LogP contribution in [0.5, 0.6) is 5.75 Å². The van der Waals surface area contributed by atoms with Crippen LogP contribution in [0.25, 0.3) is 0 Å². The van der Waals surface area contributed by atoms with Crippen molar-refractivity contribution in [2.75, 3.05) is 17.2 Å². The van der Waals surface area contributed by atoms with Crippen molar-refractivity contribution >= 4 is 11.4 Å². The smallest absolute Gasteiger partial charge is 0.144 e. The summed E-state index contributed by atoms with van der Waals surface area (Å²) in [6, 6.07) is 6.84. The number of hydrogen-bond acceptors (Lipinski definition) is 4. The first-order chi connectivity index (χ1) is 9.20. The molecule has 2 fully saturated rings. The fourth-order valence-electron chi connectivity index (χ4n) is 3.58. The zero-order valence-electron chi connectivity index (χ0n) is 11.4. The van der Waals surface area contributed by atoms with Crippen LogP contribution in [0.1, 0.15) is 32.6 Å². The number of hydrogen-bond donors (Lipinski definition) is 2. The number of ether oxygens (including phenoxy) is 1. The van der Waals surface area contributed by atoms with E-state index < -0.39 is 0 Å². The molecule has 3 N–H and O–H groups in total. The van der Waals surface area contributed by atoms with Gasteiger partial charge in [-0.05, 0) is 44.7 Å². The Bertz CT molecular complexity index is 449. The van der Waals surface area contributed by atoms with Gasteiger partial charge in [0.25, 0.3) is 0 Å². The Kier molecular flexibility index (Phi) is 3.27. The third-order valence-electron chi connectivity index (χ3n) is 4.33. The molecular formula is C15H22N2O2. The first-order valence-corrected chi connectivity index (χ1v) is 7.18. The largest absolute Gasteiger partial charge is 0.492 e. The molecule has 19 heavy (non-hydrogen) atoms. The molecule has 2 aliphatic heterocycles. The molecule has 0 saturated carbocycles. The number of anilines is 2. The molecule has 2 unspecified atom stereocenters. The highest BCUT2D eigenvalue weighted by atomic mass is 16.5. The molecule has 3 rings (SSSR count). The van der Waals surface area contributed by atoms with Gasteiger partial charge in [0.15, 0.2) is 0 Å². The molecule has 1 aromatic carbocycles. The molecule has 104 valence electrons. The van der Waals surface area contributed by atoms with Crippen LogP contribution in [0, 0.1) is 0 Å². The number of benzene rings is 1. The Hall–Kier alpha value is -1.42. The fourth-order valence-corrected chi connectivity index (χ4v) is 3.58. The van der Waals surface area contributed by atoms with E-state index in [1.54, 1.807) is 0 Å². The molecular weight excluding hydrogens is 240 g/mol. The molecule has 0 aromatic heterocycles. The molecule has 0 aliphatic carbocycles. The third kappa shape index (κ3) is 2.14. The van der Waals surface area contributed by atoms with Gasteiger partial charge in [0.2, 0.25) is 0 Å². The number of fused-ring (bicyclic) bond motifs is 2. The highest BCUT2D eigenvalue weighted by Crippen LogP contribution is 2.43. The lowest BCUT2D eigenvalue weighted by molar-refractivity contribution is 0.126. The van der Waals surface area contributed by atoms with Gasteiger partial charge in [-0.1, -0.05) is 6.07 Å². The minimum atomic E-state index is -0.148. The normalized spacial score (nSPS) is 29.6. The summed E-state index contributed by atoms with van der Waals surface area (Å²) in [5.41, 5.74) is 8.07. The molecule has 4 nitrogen and oxygen atoms in total. The highest BCUT2D eigenvalue weighted by Gasteiger charge is 2.41. The predicted octanol–water partition coefficient (Wildman–Crippen LogP) is 2.16. The lowest BCUT2D eigenvalue weighted by Crippen LogP contribution is -2.45. The minimum Gasteiger partial charge on any atom is -0.492 e. The van der Waals surface area contributed by atoms with Crippen LogP contribution in [0.4, 0.5) is 11.4 Å². The van der Waals surface area contributed by atoms with E-state index in [-0.39, 0.29) is 6.10 Å². The van der Waals surface area contributed by atoms with Gasteiger partial charge in [-0.3, -0.25) is 0 Å². The fraction of sp³-hybridized carbons (Fsp3) is 0.600. The highest BCUT2D eigenvalue weighted by molar-refractivity contribution is 5.75. The predicted molar refractivity (Wildman–Crippen MR) is 76.6 cm³/mol. The maximum absolute atomic E-state index is 9.88. The van der Waals surface area contributed by atoms with E-state index in [1.165, 1.54) is 0 Å². The van der Waals surface area contributed by atoms with Gasteiger partial charge in [-0.2, -0.15) is 0 Å². The average molecular weight is 262 g/mol. The van der Waals surface area contributed by atoms with Crippen molar-refractivity contribution in [1.29, 1.82) is 0 Å². The van der Waals surface area contributed by atoms with Gasteiger partial charge in [0, 0.05) is 12.1 Å². The Morgan fingerprint density at radius 2 is 2.00 bits per heavy atom. The summed E-state index contributed by atoms with van der Waals surface area (Å²) in [5.74, 6) is 0.769. The van der Waals surface area contributed by atoms with Crippen LogP contribution in [-0.4, -0.2) is 29.9 Å². The SMILES string of the molecule is CCOc1cccc(N2C3CCC2CC(O)C3)c1N. The number of nitrogens with zero attached hydrogens (tertiary/aromatic N) is 1. The van der Waals surface area contributed by atoms with Gasteiger partial charge in [0.05, 0.1) is 24.1 Å². The number of piperidine rings is 1. The van der Waals surface area contributed by atoms with Crippen LogP contribution in [0.15, 0.2) is 18.2 Å². The van der Waals surface area contributed by atoms with E-state index in [0.29, 0.717) is 18.7 Å². The second kappa shape index (κ2) is 4.93. The topological polar surface area (TPSA) is 58.7 Å². The summed E-state index contributed by atoms with van der Waals surface area (Å²) in [6.45, 7) is 2.59. The lowest BCUT2D eigenvalue weighted by Gasteiger charge is -2.39. The lowest BCUT2D eigenvalue weighted by atomic mass is 9.98. The molecule has 4 heteroatoms. The Balaban J connectivity index is 1.92. The summed E-state index contributed by atoms with van der Waals surface area (Å²) in [7, 11) is 0. The summed E-state index contributed by atoms with van der Waals surface area (Å²) < 4.78 is 5.58. The van der Waals surface area contributed by atoms with Gasteiger partial charge in [-0.25, -0.2) is 0 Å². The van der Waals surface area contributed by atoms with Crippen LogP contribution in [0.3, 0.4) is 0 Å². The Morgan fingerprint density at radius 1 is 1.32 bits per heavy atom. The van der Waals surface area contributed by atoms with Crippen molar-refractivity contribution in [3.63, 3.8) is 0 Å². The van der Waals surface area contributed by atoms with Crippen LogP contribution in [-0.2, 0) is 0 Å². The van der Waals surface area contributed by atoms with Gasteiger partial charge >= 0.3 is 0 Å². The molecule has 0 radical (unpaired) electrons. The third-order valence-corrected chi connectivity index (χ3v) is 4.33. The van der Waals surface area contributed by atoms with Gasteiger partial charge in [-0.15, -0.1) is 0 Å². The number of rotatable bonds is 3. The molecule has 2 bridgehead atoms. The first-order valence-electron chi connectivity index (χ1n) is 7.18. The monoisotopic (exact) mass is 262 g/mol. The standard InChI is InChI=1S/C15H22N2O2/c1-2-19-14-5-3-4-13(15(14)16)17-10-6-7-11(17)9-12(18)8-10/h3-5,10-12,18H,2,6-9,16H2,1H3. The summed E-state index contributed by atoms with van der Waals surface area (Å²) in [6.07, 6.45) is 3.87. The maximum atomic E-state index is 9.88. The van der Waals surface area contributed by atoms with Gasteiger partial charge in [0.1, 0.15) is 5.75 Å². The Labute approximate surface area is 114 Å². The first kappa shape index (κ1) is 12.6. The molecule has 2 atom stereocenters. The van der Waals surface area contributed by atoms with E-state index in [9.17, 15) is 5.11 Å². The van der Waals surface area contributed by atoms with Crippen LogP contribution < -0.4 is 15.4 Å². The number of aliphatic hydroxyl groups excluding tert-OH is 1. The van der Waals surface area contributed by atoms with Crippen molar-refractivity contribution in [3.8, 4) is 5.75 Å². The minimum absolute atomic E-state index is 0.148. The van der Waals surface area contributed by atoms with Crippen molar-refractivity contribution < 1.29 is 9.84 Å². The van der Waals surface area contributed by atoms with Crippen molar-refractivity contribution in [3.05, 3.63) is 18.2 Å². The molecule has 1 aromatic rings. The second-order valence-electron chi connectivity index (χ2n) is 5.54. The number of para-hydroxylation sites is 1. The molecule has 0 amide bonds. The zero-order chi connectivity index (χ0) is 13.4. The van der Waals surface area contributed by atoms with E-state index in [0.717, 1.165) is 42.8 Å². The molecule has 0 spiro atoms. The van der Waals surface area contributed by atoms with E-state index >= 15 is 0 Å². The Morgan fingerprint density at radius 3 is 2.63 bits per heavy atom. The maximum Gasteiger partial charge on any atom is 0.144 e. The van der Waals surface area contributed by atoms with Crippen molar-refractivity contribution in [2.24, 2.45) is 0 Å². The van der Waals surface area contributed by atoms with E-state index in [1.807, 2.05) is 19.1 Å². The molecule has 2 saturated heterocycles. The number of nitrogen functional groups attached to an aromatic ring is 1. The quantitative estimate of drug-likeness (QED) is 0.820. The second-order valence-corrected chi connectivity index (χ2v) is 5.54. The molecule has 2 heterocycles. The summed E-state index contributed by atoms with van der Waals surface area (Å²) >= 11 is 0. The number of aliphatic hydroxyl groups is 1. The van der Waals surface area contributed by atoms with Crippen molar-refractivity contribution in [2.45, 2.75) is 50.8 Å². The van der Waals surface area contributed by atoms with Crippen LogP contribution in [0.2, 0.25) is 0 Å². The molecule has 2 aliphatic rings. The van der Waals surface area contributed by atoms with E-state index in [4.69, 9.17) is 10.5 Å². The zero-order valence-corrected chi connectivity index (χ0v) is 11.4.